The third kappa shape index (κ3) is 2.37. The monoisotopic (exact) mass is 330 g/mol. The van der Waals surface area contributed by atoms with Gasteiger partial charge in [0, 0.05) is 15.4 Å². The Balaban J connectivity index is 2.47. The van der Waals surface area contributed by atoms with Crippen molar-refractivity contribution >= 4 is 44.5 Å². The van der Waals surface area contributed by atoms with Crippen LogP contribution in [-0.2, 0) is 4.79 Å². The van der Waals surface area contributed by atoms with Gasteiger partial charge in [-0.25, -0.2) is 4.98 Å². The molecule has 4 nitrogen and oxygen atoms in total. The van der Waals surface area contributed by atoms with Gasteiger partial charge in [0.2, 0.25) is 0 Å². The molecule has 2 rings (SSSR count). The molecule has 2 atom stereocenters. The fourth-order valence-corrected chi connectivity index (χ4v) is 2.63. The normalized spacial score (nSPS) is 14.7. The average molecular weight is 332 g/mol. The van der Waals surface area contributed by atoms with Crippen LogP contribution in [0.4, 0.5) is 0 Å². The smallest absolute Gasteiger partial charge is 0.306 e. The molecule has 6 heteroatoms. The zero-order valence-electron chi connectivity index (χ0n) is 9.87. The number of nitrogens with one attached hydrogen (secondary N) is 1. The van der Waals surface area contributed by atoms with Crippen molar-refractivity contribution in [3.05, 3.63) is 27.5 Å². The molecule has 0 fully saturated rings. The fraction of sp³-hybridized carbons (Fsp3) is 0.333. The van der Waals surface area contributed by atoms with Gasteiger partial charge in [-0.1, -0.05) is 25.4 Å². The molecule has 2 unspecified atom stereocenters. The van der Waals surface area contributed by atoms with E-state index < -0.39 is 11.9 Å². The third-order valence-corrected chi connectivity index (χ3v) is 3.92. The van der Waals surface area contributed by atoms with Gasteiger partial charge in [-0.05, 0) is 28.1 Å². The number of halogens is 2. The lowest BCUT2D eigenvalue weighted by Gasteiger charge is -2.12. The molecule has 1 heterocycles. The second-order valence-electron chi connectivity index (χ2n) is 4.32. The number of aliphatic carboxylic acids is 1. The number of carboxylic acid groups (broad SMARTS) is 1. The summed E-state index contributed by atoms with van der Waals surface area (Å²) in [5.74, 6) is -0.872. The Morgan fingerprint density at radius 1 is 1.50 bits per heavy atom. The van der Waals surface area contributed by atoms with Crippen molar-refractivity contribution in [2.75, 3.05) is 0 Å². The van der Waals surface area contributed by atoms with Gasteiger partial charge in [-0.15, -0.1) is 0 Å². The number of imidazole rings is 1. The highest BCUT2D eigenvalue weighted by Crippen LogP contribution is 2.30. The Bertz CT molecular complexity index is 611. The van der Waals surface area contributed by atoms with E-state index in [1.54, 1.807) is 19.1 Å². The SMILES string of the molecule is CC(C(=O)O)C(C)c1nc2c(Br)cc(Cl)cc2[nH]1. The Kier molecular flexibility index (Phi) is 3.64. The van der Waals surface area contributed by atoms with E-state index in [2.05, 4.69) is 25.9 Å². The lowest BCUT2D eigenvalue weighted by Crippen LogP contribution is -2.17. The highest BCUT2D eigenvalue weighted by molar-refractivity contribution is 9.10. The van der Waals surface area contributed by atoms with Crippen molar-refractivity contribution in [3.63, 3.8) is 0 Å². The molecule has 0 aliphatic heterocycles. The number of benzene rings is 1. The van der Waals surface area contributed by atoms with Crippen LogP contribution in [0.2, 0.25) is 5.02 Å². The Morgan fingerprint density at radius 2 is 2.17 bits per heavy atom. The predicted molar refractivity (Wildman–Crippen MR) is 74.0 cm³/mol. The van der Waals surface area contributed by atoms with E-state index in [1.807, 2.05) is 6.92 Å². The van der Waals surface area contributed by atoms with E-state index in [0.717, 1.165) is 15.5 Å². The number of carboxylic acids is 1. The molecular formula is C12H12BrClN2O2. The molecule has 2 aromatic rings. The van der Waals surface area contributed by atoms with Crippen molar-refractivity contribution in [1.82, 2.24) is 9.97 Å². The molecule has 18 heavy (non-hydrogen) atoms. The van der Waals surface area contributed by atoms with Gasteiger partial charge >= 0.3 is 5.97 Å². The van der Waals surface area contributed by atoms with Crippen LogP contribution in [0.1, 0.15) is 25.6 Å². The highest BCUT2D eigenvalue weighted by Gasteiger charge is 2.24. The first-order valence-corrected chi connectivity index (χ1v) is 6.64. The number of H-pyrrole nitrogens is 1. The van der Waals surface area contributed by atoms with Gasteiger partial charge in [0.25, 0.3) is 0 Å². The second kappa shape index (κ2) is 4.90. The molecule has 0 aliphatic rings. The number of fused-ring (bicyclic) bond motifs is 1. The van der Waals surface area contributed by atoms with E-state index in [4.69, 9.17) is 16.7 Å². The fourth-order valence-electron chi connectivity index (χ4n) is 1.73. The summed E-state index contributed by atoms with van der Waals surface area (Å²) in [5, 5.41) is 9.62. The first kappa shape index (κ1) is 13.4. The van der Waals surface area contributed by atoms with Crippen LogP contribution >= 0.6 is 27.5 Å². The maximum absolute atomic E-state index is 11.0. The summed E-state index contributed by atoms with van der Waals surface area (Å²) in [7, 11) is 0. The topological polar surface area (TPSA) is 66.0 Å². The molecule has 0 saturated heterocycles. The van der Waals surface area contributed by atoms with Crippen LogP contribution in [0.25, 0.3) is 11.0 Å². The van der Waals surface area contributed by atoms with E-state index in [0.29, 0.717) is 10.8 Å². The summed E-state index contributed by atoms with van der Waals surface area (Å²) in [4.78, 5) is 18.5. The van der Waals surface area contributed by atoms with Gasteiger partial charge < -0.3 is 10.1 Å². The molecule has 96 valence electrons. The summed E-state index contributed by atoms with van der Waals surface area (Å²) < 4.78 is 0.794. The summed E-state index contributed by atoms with van der Waals surface area (Å²) in [6.45, 7) is 3.51. The van der Waals surface area contributed by atoms with Gasteiger partial charge in [-0.3, -0.25) is 4.79 Å². The van der Waals surface area contributed by atoms with Gasteiger partial charge in [0.1, 0.15) is 11.3 Å². The second-order valence-corrected chi connectivity index (χ2v) is 5.61. The van der Waals surface area contributed by atoms with Crippen molar-refractivity contribution in [1.29, 1.82) is 0 Å². The lowest BCUT2D eigenvalue weighted by molar-refractivity contribution is -0.141. The largest absolute Gasteiger partial charge is 0.481 e. The first-order valence-electron chi connectivity index (χ1n) is 5.47. The van der Waals surface area contributed by atoms with E-state index in [9.17, 15) is 4.79 Å². The zero-order chi connectivity index (χ0) is 13.4. The summed E-state index contributed by atoms with van der Waals surface area (Å²) in [5.41, 5.74) is 1.56. The van der Waals surface area contributed by atoms with E-state index in [1.165, 1.54) is 0 Å². The first-order chi connectivity index (χ1) is 8.40. The number of rotatable bonds is 3. The Morgan fingerprint density at radius 3 is 2.78 bits per heavy atom. The lowest BCUT2D eigenvalue weighted by atomic mass is 9.96. The number of hydrogen-bond donors (Lipinski definition) is 2. The van der Waals surface area contributed by atoms with E-state index >= 15 is 0 Å². The molecule has 0 amide bonds. The van der Waals surface area contributed by atoms with Crippen molar-refractivity contribution in [2.45, 2.75) is 19.8 Å². The molecule has 2 N–H and O–H groups in total. The minimum absolute atomic E-state index is 0.194. The van der Waals surface area contributed by atoms with Crippen molar-refractivity contribution in [2.24, 2.45) is 5.92 Å². The zero-order valence-corrected chi connectivity index (χ0v) is 12.2. The van der Waals surface area contributed by atoms with Crippen LogP contribution in [0.3, 0.4) is 0 Å². The molecule has 0 aliphatic carbocycles. The molecular weight excluding hydrogens is 320 g/mol. The minimum Gasteiger partial charge on any atom is -0.481 e. The van der Waals surface area contributed by atoms with Crippen LogP contribution < -0.4 is 0 Å². The van der Waals surface area contributed by atoms with Crippen LogP contribution in [0.15, 0.2) is 16.6 Å². The Labute approximate surface area is 117 Å². The molecule has 0 saturated carbocycles. The van der Waals surface area contributed by atoms with Crippen LogP contribution in [0.5, 0.6) is 0 Å². The molecule has 0 radical (unpaired) electrons. The quantitative estimate of drug-likeness (QED) is 0.899. The number of carbonyl (C=O) groups is 1. The van der Waals surface area contributed by atoms with Crippen LogP contribution in [0, 0.1) is 5.92 Å². The van der Waals surface area contributed by atoms with Crippen molar-refractivity contribution in [3.8, 4) is 0 Å². The molecule has 0 spiro atoms. The van der Waals surface area contributed by atoms with Crippen molar-refractivity contribution < 1.29 is 9.90 Å². The molecule has 1 aromatic heterocycles. The number of aromatic nitrogens is 2. The summed E-state index contributed by atoms with van der Waals surface area (Å²) in [6, 6.07) is 3.54. The maximum Gasteiger partial charge on any atom is 0.306 e. The standard InChI is InChI=1S/C12H12BrClN2O2/c1-5(6(2)12(17)18)11-15-9-4-7(14)3-8(13)10(9)16-11/h3-6H,1-2H3,(H,15,16)(H,17,18). The average Bonchev–Trinajstić information content (AvgIpc) is 2.70. The Hall–Kier alpha value is -1.07. The van der Waals surface area contributed by atoms with Gasteiger partial charge in [0.05, 0.1) is 11.4 Å². The molecule has 1 aromatic carbocycles. The van der Waals surface area contributed by atoms with E-state index in [-0.39, 0.29) is 5.92 Å². The number of aromatic amines is 1. The number of hydrogen-bond acceptors (Lipinski definition) is 2. The third-order valence-electron chi connectivity index (χ3n) is 3.09. The van der Waals surface area contributed by atoms with Crippen LogP contribution in [-0.4, -0.2) is 21.0 Å². The van der Waals surface area contributed by atoms with Gasteiger partial charge in [0.15, 0.2) is 0 Å². The minimum atomic E-state index is -0.833. The molecule has 0 bridgehead atoms. The number of nitrogens with zero attached hydrogens (tertiary/aromatic N) is 1. The summed E-state index contributed by atoms with van der Waals surface area (Å²) in [6.07, 6.45) is 0. The predicted octanol–water partition coefficient (Wildman–Crippen LogP) is 3.80. The maximum atomic E-state index is 11.0. The highest BCUT2D eigenvalue weighted by atomic mass is 79.9. The van der Waals surface area contributed by atoms with Gasteiger partial charge in [-0.2, -0.15) is 0 Å². The summed E-state index contributed by atoms with van der Waals surface area (Å²) >= 11 is 9.35.